The molecule has 1 aliphatic rings. The van der Waals surface area contributed by atoms with Crippen LogP contribution < -0.4 is 10.1 Å². The third-order valence-electron chi connectivity index (χ3n) is 4.59. The third-order valence-corrected chi connectivity index (χ3v) is 5.50. The molecule has 0 unspecified atom stereocenters. The van der Waals surface area contributed by atoms with Crippen molar-refractivity contribution in [1.29, 1.82) is 0 Å². The number of carbonyl (C=O) groups is 3. The van der Waals surface area contributed by atoms with Gasteiger partial charge in [0.25, 0.3) is 17.1 Å². The van der Waals surface area contributed by atoms with Crippen molar-refractivity contribution in [2.45, 2.75) is 26.7 Å². The second-order valence-corrected chi connectivity index (χ2v) is 8.07. The van der Waals surface area contributed by atoms with Crippen LogP contribution in [0.5, 0.6) is 5.75 Å². The van der Waals surface area contributed by atoms with E-state index in [9.17, 15) is 14.4 Å². The summed E-state index contributed by atoms with van der Waals surface area (Å²) in [6.07, 6.45) is 1.68. The summed E-state index contributed by atoms with van der Waals surface area (Å²) in [5, 5.41) is 2.64. The van der Waals surface area contributed by atoms with Crippen LogP contribution >= 0.6 is 11.8 Å². The average molecular weight is 425 g/mol. The van der Waals surface area contributed by atoms with Gasteiger partial charge in [-0.2, -0.15) is 0 Å². The van der Waals surface area contributed by atoms with Crippen LogP contribution in [-0.4, -0.2) is 35.1 Å². The lowest BCUT2D eigenvalue weighted by Crippen LogP contribution is -2.27. The van der Waals surface area contributed by atoms with Crippen LogP contribution in [0.15, 0.2) is 53.4 Å². The van der Waals surface area contributed by atoms with E-state index in [1.807, 2.05) is 24.3 Å². The van der Waals surface area contributed by atoms with Gasteiger partial charge in [0.05, 0.1) is 4.91 Å². The normalized spacial score (nSPS) is 15.2. The summed E-state index contributed by atoms with van der Waals surface area (Å²) in [6, 6.07) is 14.7. The van der Waals surface area contributed by atoms with Gasteiger partial charge in [-0.25, -0.2) is 0 Å². The SMILES string of the molecule is CCN1C(=O)S/C(=C/c2ccc(OCC(=O)Nc3ccccc3C(C)C)cc2)C1=O. The van der Waals surface area contributed by atoms with Crippen molar-refractivity contribution in [2.75, 3.05) is 18.5 Å². The van der Waals surface area contributed by atoms with Crippen molar-refractivity contribution in [2.24, 2.45) is 0 Å². The van der Waals surface area contributed by atoms with Crippen molar-refractivity contribution in [3.05, 3.63) is 64.6 Å². The molecule has 0 aromatic heterocycles. The van der Waals surface area contributed by atoms with Crippen molar-refractivity contribution in [3.8, 4) is 5.75 Å². The summed E-state index contributed by atoms with van der Waals surface area (Å²) in [5.74, 6) is 0.335. The average Bonchev–Trinajstić information content (AvgIpc) is 3.00. The van der Waals surface area contributed by atoms with Gasteiger partial charge in [0, 0.05) is 12.2 Å². The summed E-state index contributed by atoms with van der Waals surface area (Å²) < 4.78 is 5.57. The molecular formula is C23H24N2O4S. The Balaban J connectivity index is 1.58. The molecule has 3 amide bonds. The molecule has 2 aromatic rings. The first-order valence-corrected chi connectivity index (χ1v) is 10.6. The molecule has 7 heteroatoms. The number of rotatable bonds is 7. The van der Waals surface area contributed by atoms with E-state index in [0.29, 0.717) is 23.1 Å². The Morgan fingerprint density at radius 2 is 1.83 bits per heavy atom. The van der Waals surface area contributed by atoms with E-state index in [1.165, 1.54) is 4.90 Å². The zero-order valence-electron chi connectivity index (χ0n) is 17.2. The van der Waals surface area contributed by atoms with E-state index in [2.05, 4.69) is 19.2 Å². The molecule has 1 heterocycles. The zero-order valence-corrected chi connectivity index (χ0v) is 18.0. The monoisotopic (exact) mass is 424 g/mol. The Labute approximate surface area is 180 Å². The molecule has 3 rings (SSSR count). The highest BCUT2D eigenvalue weighted by Gasteiger charge is 2.33. The van der Waals surface area contributed by atoms with Gasteiger partial charge in [-0.15, -0.1) is 0 Å². The summed E-state index contributed by atoms with van der Waals surface area (Å²) >= 11 is 0.938. The Kier molecular flexibility index (Phi) is 6.95. The quantitative estimate of drug-likeness (QED) is 0.641. The molecule has 0 atom stereocenters. The maximum atomic E-state index is 12.3. The Morgan fingerprint density at radius 1 is 1.13 bits per heavy atom. The minimum Gasteiger partial charge on any atom is -0.484 e. The fourth-order valence-corrected chi connectivity index (χ4v) is 3.94. The van der Waals surface area contributed by atoms with Crippen molar-refractivity contribution >= 4 is 40.6 Å². The maximum absolute atomic E-state index is 12.3. The number of ether oxygens (including phenoxy) is 1. The van der Waals surface area contributed by atoms with Crippen LogP contribution in [0.3, 0.4) is 0 Å². The third kappa shape index (κ3) is 5.10. The molecule has 1 N–H and O–H groups in total. The molecule has 0 saturated carbocycles. The summed E-state index contributed by atoms with van der Waals surface area (Å²) in [4.78, 5) is 37.8. The van der Waals surface area contributed by atoms with Gasteiger partial charge in [-0.3, -0.25) is 19.3 Å². The first-order valence-electron chi connectivity index (χ1n) is 9.76. The molecule has 1 saturated heterocycles. The molecule has 6 nitrogen and oxygen atoms in total. The van der Waals surface area contributed by atoms with Crippen LogP contribution in [0.25, 0.3) is 6.08 Å². The van der Waals surface area contributed by atoms with Crippen LogP contribution in [0.4, 0.5) is 10.5 Å². The molecule has 1 fully saturated rings. The van der Waals surface area contributed by atoms with E-state index in [0.717, 1.165) is 28.6 Å². The van der Waals surface area contributed by atoms with Gasteiger partial charge in [0.2, 0.25) is 0 Å². The van der Waals surface area contributed by atoms with E-state index < -0.39 is 0 Å². The first kappa shape index (κ1) is 21.6. The van der Waals surface area contributed by atoms with Gasteiger partial charge in [0.1, 0.15) is 5.75 Å². The number of nitrogens with one attached hydrogen (secondary N) is 1. The van der Waals surface area contributed by atoms with E-state index in [-0.39, 0.29) is 23.7 Å². The number of para-hydroxylation sites is 1. The number of benzene rings is 2. The van der Waals surface area contributed by atoms with Crippen LogP contribution in [0, 0.1) is 0 Å². The molecule has 0 radical (unpaired) electrons. The molecule has 1 aliphatic heterocycles. The predicted molar refractivity (Wildman–Crippen MR) is 119 cm³/mol. The van der Waals surface area contributed by atoms with E-state index >= 15 is 0 Å². The molecule has 0 aliphatic carbocycles. The standard InChI is InChI=1S/C23H24N2O4S/c1-4-25-22(27)20(30-23(25)28)13-16-9-11-17(12-10-16)29-14-21(26)24-19-8-6-5-7-18(19)15(2)3/h5-13,15H,4,14H2,1-3H3,(H,24,26)/b20-13+. The summed E-state index contributed by atoms with van der Waals surface area (Å²) in [6.45, 7) is 6.17. The van der Waals surface area contributed by atoms with Crippen LogP contribution in [0.1, 0.15) is 37.8 Å². The molecular weight excluding hydrogens is 400 g/mol. The number of hydrogen-bond acceptors (Lipinski definition) is 5. The lowest BCUT2D eigenvalue weighted by Gasteiger charge is -2.14. The number of imide groups is 1. The van der Waals surface area contributed by atoms with E-state index in [4.69, 9.17) is 4.74 Å². The summed E-state index contributed by atoms with van der Waals surface area (Å²) in [5.41, 5.74) is 2.64. The fourth-order valence-electron chi connectivity index (χ4n) is 3.03. The number of hydrogen-bond donors (Lipinski definition) is 1. The molecule has 30 heavy (non-hydrogen) atoms. The topological polar surface area (TPSA) is 75.7 Å². The van der Waals surface area contributed by atoms with Crippen molar-refractivity contribution < 1.29 is 19.1 Å². The van der Waals surface area contributed by atoms with Crippen molar-refractivity contribution in [3.63, 3.8) is 0 Å². The molecule has 2 aromatic carbocycles. The highest BCUT2D eigenvalue weighted by Crippen LogP contribution is 2.32. The number of carbonyl (C=O) groups excluding carboxylic acids is 3. The van der Waals surface area contributed by atoms with Crippen LogP contribution in [-0.2, 0) is 9.59 Å². The maximum Gasteiger partial charge on any atom is 0.293 e. The number of anilines is 1. The predicted octanol–water partition coefficient (Wildman–Crippen LogP) is 4.88. The van der Waals surface area contributed by atoms with E-state index in [1.54, 1.807) is 37.3 Å². The Bertz CT molecular complexity index is 983. The smallest absolute Gasteiger partial charge is 0.293 e. The Hall–Kier alpha value is -3.06. The second-order valence-electron chi connectivity index (χ2n) is 7.07. The van der Waals surface area contributed by atoms with Gasteiger partial charge >= 0.3 is 0 Å². The lowest BCUT2D eigenvalue weighted by atomic mass is 10.0. The highest BCUT2D eigenvalue weighted by molar-refractivity contribution is 8.18. The van der Waals surface area contributed by atoms with Crippen LogP contribution in [0.2, 0.25) is 0 Å². The molecule has 156 valence electrons. The van der Waals surface area contributed by atoms with Crippen molar-refractivity contribution in [1.82, 2.24) is 4.90 Å². The zero-order chi connectivity index (χ0) is 21.7. The number of nitrogens with zero attached hydrogens (tertiary/aromatic N) is 1. The van der Waals surface area contributed by atoms with Gasteiger partial charge in [-0.1, -0.05) is 44.2 Å². The van der Waals surface area contributed by atoms with Gasteiger partial charge < -0.3 is 10.1 Å². The minimum atomic E-state index is -0.272. The van der Waals surface area contributed by atoms with Gasteiger partial charge in [-0.05, 0) is 60.0 Å². The Morgan fingerprint density at radius 3 is 2.47 bits per heavy atom. The first-order chi connectivity index (χ1) is 14.4. The molecule has 0 bridgehead atoms. The second kappa shape index (κ2) is 9.63. The largest absolute Gasteiger partial charge is 0.484 e. The highest BCUT2D eigenvalue weighted by atomic mass is 32.2. The van der Waals surface area contributed by atoms with Gasteiger partial charge in [0.15, 0.2) is 6.61 Å². The minimum absolute atomic E-state index is 0.110. The number of thioether (sulfide) groups is 1. The summed E-state index contributed by atoms with van der Waals surface area (Å²) in [7, 11) is 0. The molecule has 0 spiro atoms. The lowest BCUT2D eigenvalue weighted by molar-refractivity contribution is -0.122. The number of amides is 3. The fraction of sp³-hybridized carbons (Fsp3) is 0.261. The number of likely N-dealkylation sites (N-methyl/N-ethyl adjacent to an activating group) is 1.